The lowest BCUT2D eigenvalue weighted by molar-refractivity contribution is 0.0739. The quantitative estimate of drug-likeness (QED) is 0.868. The summed E-state index contributed by atoms with van der Waals surface area (Å²) in [5.41, 5.74) is 2.00. The minimum Gasteiger partial charge on any atom is -0.337 e. The molecule has 106 valence electrons. The van der Waals surface area contributed by atoms with Crippen LogP contribution < -0.4 is 5.32 Å². The van der Waals surface area contributed by atoms with E-state index >= 15 is 0 Å². The summed E-state index contributed by atoms with van der Waals surface area (Å²) in [6.07, 6.45) is 4.64. The number of carbonyl (C=O) groups is 1. The van der Waals surface area contributed by atoms with Crippen LogP contribution in [0.1, 0.15) is 48.5 Å². The summed E-state index contributed by atoms with van der Waals surface area (Å²) in [5, 5.41) is 7.53. The molecule has 1 aromatic rings. The molecule has 1 aliphatic rings. The van der Waals surface area contributed by atoms with E-state index in [1.165, 1.54) is 12.8 Å². The van der Waals surface area contributed by atoms with Crippen molar-refractivity contribution >= 4 is 17.2 Å². The van der Waals surface area contributed by atoms with Crippen molar-refractivity contribution in [3.05, 3.63) is 21.9 Å². The van der Waals surface area contributed by atoms with E-state index in [9.17, 15) is 4.79 Å². The average molecular weight is 280 g/mol. The molecule has 0 saturated carbocycles. The lowest BCUT2D eigenvalue weighted by Crippen LogP contribution is -2.41. The van der Waals surface area contributed by atoms with Gasteiger partial charge < -0.3 is 10.2 Å². The lowest BCUT2D eigenvalue weighted by atomic mass is 10.1. The summed E-state index contributed by atoms with van der Waals surface area (Å²) in [6, 6.07) is 0.486. The standard InChI is InChI=1S/C15H24N2OS/c1-3-4-8-17(9-13-6-5-7-16-13)15(18)14-11-19-10-12(14)2/h10-11,13,16H,3-9H2,1-2H3. The summed E-state index contributed by atoms with van der Waals surface area (Å²) in [5.74, 6) is 0.209. The van der Waals surface area contributed by atoms with Gasteiger partial charge in [-0.05, 0) is 43.7 Å². The van der Waals surface area contributed by atoms with Crippen molar-refractivity contribution in [1.29, 1.82) is 0 Å². The van der Waals surface area contributed by atoms with Crippen LogP contribution in [-0.4, -0.2) is 36.5 Å². The van der Waals surface area contributed by atoms with Gasteiger partial charge in [-0.25, -0.2) is 0 Å². The zero-order valence-corrected chi connectivity index (χ0v) is 12.8. The lowest BCUT2D eigenvalue weighted by Gasteiger charge is -2.26. The van der Waals surface area contributed by atoms with Crippen LogP contribution in [0.4, 0.5) is 0 Å². The van der Waals surface area contributed by atoms with Gasteiger partial charge in [-0.1, -0.05) is 13.3 Å². The van der Waals surface area contributed by atoms with E-state index in [-0.39, 0.29) is 5.91 Å². The molecule has 4 heteroatoms. The van der Waals surface area contributed by atoms with Crippen LogP contribution in [0.15, 0.2) is 10.8 Å². The number of aryl methyl sites for hydroxylation is 1. The Hall–Kier alpha value is -0.870. The largest absolute Gasteiger partial charge is 0.337 e. The Labute approximate surface area is 120 Å². The fraction of sp³-hybridized carbons (Fsp3) is 0.667. The average Bonchev–Trinajstić information content (AvgIpc) is 3.05. The Morgan fingerprint density at radius 3 is 2.95 bits per heavy atom. The molecular formula is C15H24N2OS. The molecule has 3 nitrogen and oxygen atoms in total. The number of thiophene rings is 1. The van der Waals surface area contributed by atoms with Crippen LogP contribution in [0.5, 0.6) is 0 Å². The summed E-state index contributed by atoms with van der Waals surface area (Å²) in [6.45, 7) is 7.02. The van der Waals surface area contributed by atoms with Crippen LogP contribution in [0.2, 0.25) is 0 Å². The first-order valence-corrected chi connectivity index (χ1v) is 8.22. The molecule has 0 aromatic carbocycles. The summed E-state index contributed by atoms with van der Waals surface area (Å²) in [7, 11) is 0. The molecule has 1 atom stereocenters. The summed E-state index contributed by atoms with van der Waals surface area (Å²) < 4.78 is 0. The molecule has 1 aromatic heterocycles. The summed E-state index contributed by atoms with van der Waals surface area (Å²) >= 11 is 1.62. The fourth-order valence-electron chi connectivity index (χ4n) is 2.55. The molecule has 1 N–H and O–H groups in total. The Morgan fingerprint density at radius 2 is 2.37 bits per heavy atom. The van der Waals surface area contributed by atoms with E-state index in [2.05, 4.69) is 17.6 Å². The molecular weight excluding hydrogens is 256 g/mol. The Morgan fingerprint density at radius 1 is 1.53 bits per heavy atom. The Kier molecular flexibility index (Phi) is 5.40. The highest BCUT2D eigenvalue weighted by Gasteiger charge is 2.23. The first kappa shape index (κ1) is 14.5. The van der Waals surface area contributed by atoms with Gasteiger partial charge in [0.1, 0.15) is 0 Å². The third-order valence-electron chi connectivity index (χ3n) is 3.76. The van der Waals surface area contributed by atoms with E-state index in [0.717, 1.165) is 43.6 Å². The highest BCUT2D eigenvalue weighted by molar-refractivity contribution is 7.08. The van der Waals surface area contributed by atoms with Crippen LogP contribution in [0, 0.1) is 6.92 Å². The van der Waals surface area contributed by atoms with Crippen molar-refractivity contribution in [2.75, 3.05) is 19.6 Å². The third kappa shape index (κ3) is 3.80. The predicted octanol–water partition coefficient (Wildman–Crippen LogP) is 3.05. The van der Waals surface area contributed by atoms with E-state index in [0.29, 0.717) is 6.04 Å². The molecule has 0 spiro atoms. The van der Waals surface area contributed by atoms with Gasteiger partial charge >= 0.3 is 0 Å². The van der Waals surface area contributed by atoms with E-state index in [1.807, 2.05) is 17.2 Å². The van der Waals surface area contributed by atoms with Gasteiger partial charge in [0.15, 0.2) is 0 Å². The van der Waals surface area contributed by atoms with Gasteiger partial charge in [-0.2, -0.15) is 11.3 Å². The number of hydrogen-bond acceptors (Lipinski definition) is 3. The maximum Gasteiger partial charge on any atom is 0.255 e. The molecule has 1 amide bonds. The van der Waals surface area contributed by atoms with E-state index in [1.54, 1.807) is 11.3 Å². The van der Waals surface area contributed by atoms with Crippen LogP contribution >= 0.6 is 11.3 Å². The van der Waals surface area contributed by atoms with Crippen molar-refractivity contribution < 1.29 is 4.79 Å². The predicted molar refractivity (Wildman–Crippen MR) is 80.9 cm³/mol. The Bertz CT molecular complexity index is 410. The van der Waals surface area contributed by atoms with Gasteiger partial charge in [0.2, 0.25) is 0 Å². The van der Waals surface area contributed by atoms with Gasteiger partial charge in [0.25, 0.3) is 5.91 Å². The van der Waals surface area contributed by atoms with Crippen LogP contribution in [0.25, 0.3) is 0 Å². The van der Waals surface area contributed by atoms with Crippen molar-refractivity contribution in [3.8, 4) is 0 Å². The molecule has 2 heterocycles. The number of amides is 1. The number of hydrogen-bond donors (Lipinski definition) is 1. The van der Waals surface area contributed by atoms with Crippen LogP contribution in [-0.2, 0) is 0 Å². The van der Waals surface area contributed by atoms with Crippen molar-refractivity contribution in [2.24, 2.45) is 0 Å². The minimum absolute atomic E-state index is 0.209. The fourth-order valence-corrected chi connectivity index (χ4v) is 3.38. The molecule has 0 aliphatic carbocycles. The maximum atomic E-state index is 12.6. The number of nitrogens with one attached hydrogen (secondary N) is 1. The maximum absolute atomic E-state index is 12.6. The van der Waals surface area contributed by atoms with Gasteiger partial charge in [-0.15, -0.1) is 0 Å². The molecule has 1 fully saturated rings. The number of carbonyl (C=O) groups excluding carboxylic acids is 1. The molecule has 0 bridgehead atoms. The minimum atomic E-state index is 0.209. The smallest absolute Gasteiger partial charge is 0.255 e. The SMILES string of the molecule is CCCCN(CC1CCCN1)C(=O)c1cscc1C. The molecule has 1 unspecified atom stereocenters. The van der Waals surface area contributed by atoms with E-state index < -0.39 is 0 Å². The highest BCUT2D eigenvalue weighted by Crippen LogP contribution is 2.18. The monoisotopic (exact) mass is 280 g/mol. The molecule has 1 saturated heterocycles. The summed E-state index contributed by atoms with van der Waals surface area (Å²) in [4.78, 5) is 14.7. The first-order chi connectivity index (χ1) is 9.22. The third-order valence-corrected chi connectivity index (χ3v) is 4.62. The molecule has 2 rings (SSSR count). The van der Waals surface area contributed by atoms with E-state index in [4.69, 9.17) is 0 Å². The number of nitrogens with zero attached hydrogens (tertiary/aromatic N) is 1. The van der Waals surface area contributed by atoms with Crippen LogP contribution in [0.3, 0.4) is 0 Å². The first-order valence-electron chi connectivity index (χ1n) is 7.27. The zero-order valence-electron chi connectivity index (χ0n) is 11.9. The van der Waals surface area contributed by atoms with Gasteiger partial charge in [-0.3, -0.25) is 4.79 Å². The molecule has 0 radical (unpaired) electrons. The number of unbranched alkanes of at least 4 members (excludes halogenated alkanes) is 1. The number of rotatable bonds is 6. The van der Waals surface area contributed by atoms with Crippen molar-refractivity contribution in [3.63, 3.8) is 0 Å². The van der Waals surface area contributed by atoms with Crippen molar-refractivity contribution in [2.45, 2.75) is 45.6 Å². The van der Waals surface area contributed by atoms with Crippen molar-refractivity contribution in [1.82, 2.24) is 10.2 Å². The second-order valence-corrected chi connectivity index (χ2v) is 6.11. The molecule has 1 aliphatic heterocycles. The second kappa shape index (κ2) is 7.06. The molecule has 19 heavy (non-hydrogen) atoms. The second-order valence-electron chi connectivity index (χ2n) is 5.37. The normalized spacial score (nSPS) is 18.7. The zero-order chi connectivity index (χ0) is 13.7. The topological polar surface area (TPSA) is 32.3 Å². The Balaban J connectivity index is 2.03. The highest BCUT2D eigenvalue weighted by atomic mass is 32.1. The van der Waals surface area contributed by atoms with Gasteiger partial charge in [0.05, 0.1) is 5.56 Å². The van der Waals surface area contributed by atoms with Gasteiger partial charge in [0, 0.05) is 24.5 Å².